The highest BCUT2D eigenvalue weighted by Gasteiger charge is 2.09. The predicted octanol–water partition coefficient (Wildman–Crippen LogP) is 3.20. The molecule has 0 saturated heterocycles. The molecule has 2 aromatic carbocycles. The number of hydrogen-bond donors (Lipinski definition) is 2. The van der Waals surface area contributed by atoms with Crippen LogP contribution in [0.1, 0.15) is 11.1 Å². The number of alkyl halides is 2. The van der Waals surface area contributed by atoms with E-state index in [1.807, 2.05) is 18.2 Å². The summed E-state index contributed by atoms with van der Waals surface area (Å²) < 4.78 is 29.3. The highest BCUT2D eigenvalue weighted by Crippen LogP contribution is 2.19. The molecule has 4 nitrogen and oxygen atoms in total. The maximum atomic E-state index is 12.4. The van der Waals surface area contributed by atoms with Crippen molar-refractivity contribution >= 4 is 5.96 Å². The molecule has 128 valence electrons. The number of halogens is 2. The van der Waals surface area contributed by atoms with Crippen LogP contribution in [0, 0.1) is 0 Å². The van der Waals surface area contributed by atoms with E-state index in [1.54, 1.807) is 25.2 Å². The Hall–Kier alpha value is -2.63. The van der Waals surface area contributed by atoms with Crippen LogP contribution in [0.2, 0.25) is 0 Å². The first-order valence-corrected chi connectivity index (χ1v) is 7.70. The van der Waals surface area contributed by atoms with Gasteiger partial charge in [0.25, 0.3) is 0 Å². The quantitative estimate of drug-likeness (QED) is 0.604. The van der Waals surface area contributed by atoms with Gasteiger partial charge in [-0.2, -0.15) is 8.78 Å². The van der Waals surface area contributed by atoms with Crippen molar-refractivity contribution in [2.75, 3.05) is 13.6 Å². The normalized spacial score (nSPS) is 11.4. The van der Waals surface area contributed by atoms with Crippen LogP contribution in [0.15, 0.2) is 59.6 Å². The lowest BCUT2D eigenvalue weighted by Crippen LogP contribution is -2.37. The molecule has 0 aliphatic rings. The summed E-state index contributed by atoms with van der Waals surface area (Å²) in [6.45, 7) is -1.78. The van der Waals surface area contributed by atoms with Gasteiger partial charge in [-0.25, -0.2) is 0 Å². The molecule has 0 saturated carbocycles. The minimum Gasteiger partial charge on any atom is -0.434 e. The second-order valence-electron chi connectivity index (χ2n) is 5.07. The average Bonchev–Trinajstić information content (AvgIpc) is 2.59. The summed E-state index contributed by atoms with van der Waals surface area (Å²) in [6, 6.07) is 16.8. The standard InChI is InChI=1S/C18H21F2N3O/c1-21-18(22-12-11-14-7-3-2-4-8-14)23-13-15-9-5-6-10-16(15)24-17(19)20/h2-10,17H,11-13H2,1H3,(H2,21,22,23). The van der Waals surface area contributed by atoms with Gasteiger partial charge in [0.2, 0.25) is 0 Å². The number of aliphatic imine (C=N–C) groups is 1. The predicted molar refractivity (Wildman–Crippen MR) is 91.4 cm³/mol. The number of rotatable bonds is 7. The maximum Gasteiger partial charge on any atom is 0.387 e. The molecule has 0 amide bonds. The molecular weight excluding hydrogens is 312 g/mol. The number of ether oxygens (including phenoxy) is 1. The van der Waals surface area contributed by atoms with Crippen molar-refractivity contribution in [2.45, 2.75) is 19.6 Å². The first-order chi connectivity index (χ1) is 11.7. The second kappa shape index (κ2) is 9.50. The SMILES string of the molecule is CN=C(NCCc1ccccc1)NCc1ccccc1OC(F)F. The molecule has 24 heavy (non-hydrogen) atoms. The molecule has 0 spiro atoms. The molecule has 0 heterocycles. The molecule has 0 aliphatic carbocycles. The van der Waals surface area contributed by atoms with Gasteiger partial charge in [-0.05, 0) is 18.1 Å². The van der Waals surface area contributed by atoms with Crippen molar-refractivity contribution in [3.63, 3.8) is 0 Å². The lowest BCUT2D eigenvalue weighted by molar-refractivity contribution is -0.0504. The van der Waals surface area contributed by atoms with Gasteiger partial charge in [-0.15, -0.1) is 0 Å². The van der Waals surface area contributed by atoms with Crippen LogP contribution in [0.5, 0.6) is 5.75 Å². The van der Waals surface area contributed by atoms with Crippen molar-refractivity contribution in [2.24, 2.45) is 4.99 Å². The number of benzene rings is 2. The van der Waals surface area contributed by atoms with E-state index in [2.05, 4.69) is 32.5 Å². The Morgan fingerprint density at radius 3 is 2.46 bits per heavy atom. The summed E-state index contributed by atoms with van der Waals surface area (Å²) in [5, 5.41) is 6.30. The Balaban J connectivity index is 1.83. The molecule has 0 unspecified atom stereocenters. The number of para-hydroxylation sites is 1. The van der Waals surface area contributed by atoms with Crippen molar-refractivity contribution in [1.82, 2.24) is 10.6 Å². The van der Waals surface area contributed by atoms with Crippen LogP contribution >= 0.6 is 0 Å². The molecular formula is C18H21F2N3O. The molecule has 0 fully saturated rings. The molecule has 2 N–H and O–H groups in total. The molecule has 0 atom stereocenters. The summed E-state index contributed by atoms with van der Waals surface area (Å²) >= 11 is 0. The monoisotopic (exact) mass is 333 g/mol. The zero-order valence-corrected chi connectivity index (χ0v) is 13.5. The zero-order valence-electron chi connectivity index (χ0n) is 13.5. The van der Waals surface area contributed by atoms with Gasteiger partial charge in [0.1, 0.15) is 5.75 Å². The van der Waals surface area contributed by atoms with Crippen LogP contribution in [0.3, 0.4) is 0 Å². The third-order valence-electron chi connectivity index (χ3n) is 3.41. The highest BCUT2D eigenvalue weighted by molar-refractivity contribution is 5.79. The van der Waals surface area contributed by atoms with Gasteiger partial charge < -0.3 is 15.4 Å². The average molecular weight is 333 g/mol. The fourth-order valence-corrected chi connectivity index (χ4v) is 2.23. The van der Waals surface area contributed by atoms with Crippen molar-refractivity contribution in [3.8, 4) is 5.75 Å². The molecule has 0 bridgehead atoms. The molecule has 0 aromatic heterocycles. The smallest absolute Gasteiger partial charge is 0.387 e. The minimum absolute atomic E-state index is 0.166. The summed E-state index contributed by atoms with van der Waals surface area (Å²) in [5.41, 5.74) is 1.87. The number of hydrogen-bond acceptors (Lipinski definition) is 2. The molecule has 0 radical (unpaired) electrons. The van der Waals surface area contributed by atoms with E-state index in [-0.39, 0.29) is 5.75 Å². The molecule has 6 heteroatoms. The third-order valence-corrected chi connectivity index (χ3v) is 3.41. The maximum absolute atomic E-state index is 12.4. The number of guanidine groups is 1. The summed E-state index contributed by atoms with van der Waals surface area (Å²) in [6.07, 6.45) is 0.868. The highest BCUT2D eigenvalue weighted by atomic mass is 19.3. The van der Waals surface area contributed by atoms with Crippen LogP contribution in [0.4, 0.5) is 8.78 Å². The van der Waals surface area contributed by atoms with Crippen LogP contribution in [-0.2, 0) is 13.0 Å². The zero-order chi connectivity index (χ0) is 17.2. The van der Waals surface area contributed by atoms with Crippen LogP contribution in [-0.4, -0.2) is 26.2 Å². The van der Waals surface area contributed by atoms with E-state index in [0.717, 1.165) is 13.0 Å². The topological polar surface area (TPSA) is 45.7 Å². The van der Waals surface area contributed by atoms with E-state index >= 15 is 0 Å². The van der Waals surface area contributed by atoms with E-state index in [9.17, 15) is 8.78 Å². The first-order valence-electron chi connectivity index (χ1n) is 7.70. The Morgan fingerprint density at radius 2 is 1.75 bits per heavy atom. The van der Waals surface area contributed by atoms with Crippen LogP contribution < -0.4 is 15.4 Å². The molecule has 2 aromatic rings. The van der Waals surface area contributed by atoms with Gasteiger partial charge in [0.05, 0.1) is 0 Å². The Kier molecular flexibility index (Phi) is 7.01. The number of nitrogens with zero attached hydrogens (tertiary/aromatic N) is 1. The Bertz CT molecular complexity index is 648. The lowest BCUT2D eigenvalue weighted by atomic mass is 10.1. The van der Waals surface area contributed by atoms with Gasteiger partial charge in [-0.3, -0.25) is 4.99 Å². The summed E-state index contributed by atoms with van der Waals surface area (Å²) in [4.78, 5) is 4.13. The van der Waals surface area contributed by atoms with Crippen molar-refractivity contribution in [3.05, 3.63) is 65.7 Å². The Morgan fingerprint density at radius 1 is 1.04 bits per heavy atom. The van der Waals surface area contributed by atoms with Crippen LogP contribution in [0.25, 0.3) is 0 Å². The number of nitrogens with one attached hydrogen (secondary N) is 2. The van der Waals surface area contributed by atoms with E-state index in [4.69, 9.17) is 0 Å². The largest absolute Gasteiger partial charge is 0.434 e. The van der Waals surface area contributed by atoms with E-state index in [1.165, 1.54) is 11.6 Å². The van der Waals surface area contributed by atoms with Gasteiger partial charge in [-0.1, -0.05) is 48.5 Å². The van der Waals surface area contributed by atoms with Gasteiger partial charge >= 0.3 is 6.61 Å². The lowest BCUT2D eigenvalue weighted by Gasteiger charge is -2.14. The molecule has 2 rings (SSSR count). The third kappa shape index (κ3) is 5.87. The second-order valence-corrected chi connectivity index (χ2v) is 5.07. The summed E-state index contributed by atoms with van der Waals surface area (Å²) in [7, 11) is 1.67. The Labute approximate surface area is 140 Å². The molecule has 0 aliphatic heterocycles. The fraction of sp³-hybridized carbons (Fsp3) is 0.278. The minimum atomic E-state index is -2.84. The fourth-order valence-electron chi connectivity index (χ4n) is 2.23. The first kappa shape index (κ1) is 17.7. The van der Waals surface area contributed by atoms with Gasteiger partial charge in [0, 0.05) is 25.7 Å². The van der Waals surface area contributed by atoms with Crippen molar-refractivity contribution in [1.29, 1.82) is 0 Å². The van der Waals surface area contributed by atoms with E-state index < -0.39 is 6.61 Å². The van der Waals surface area contributed by atoms with Crippen molar-refractivity contribution < 1.29 is 13.5 Å². The summed E-state index contributed by atoms with van der Waals surface area (Å²) in [5.74, 6) is 0.775. The van der Waals surface area contributed by atoms with E-state index in [0.29, 0.717) is 18.1 Å². The van der Waals surface area contributed by atoms with Gasteiger partial charge in [0.15, 0.2) is 5.96 Å².